The van der Waals surface area contributed by atoms with Crippen molar-refractivity contribution in [2.24, 2.45) is 0 Å². The van der Waals surface area contributed by atoms with E-state index in [-0.39, 0.29) is 0 Å². The van der Waals surface area contributed by atoms with E-state index in [0.29, 0.717) is 5.69 Å². The number of benzene rings is 1. The van der Waals surface area contributed by atoms with Crippen LogP contribution in [0.2, 0.25) is 0 Å². The molecule has 70 valence electrons. The Hall–Kier alpha value is -1.55. The topological polar surface area (TPSA) is 46.6 Å². The van der Waals surface area contributed by atoms with E-state index in [1.54, 1.807) is 38.4 Å². The molecule has 4 nitrogen and oxygen atoms in total. The molecule has 0 saturated carbocycles. The van der Waals surface area contributed by atoms with E-state index in [1.807, 2.05) is 6.07 Å². The summed E-state index contributed by atoms with van der Waals surface area (Å²) in [6.45, 7) is 0. The van der Waals surface area contributed by atoms with Crippen LogP contribution in [0.4, 0.5) is 10.5 Å². The molecule has 4 heteroatoms. The third-order valence-corrected chi connectivity index (χ3v) is 1.57. The van der Waals surface area contributed by atoms with Crippen molar-refractivity contribution < 1.29 is 9.90 Å². The molecule has 0 atom stereocenters. The lowest BCUT2D eigenvalue weighted by atomic mass is 10.3. The summed E-state index contributed by atoms with van der Waals surface area (Å²) < 4.78 is 0. The highest BCUT2D eigenvalue weighted by Crippen LogP contribution is 2.12. The molecule has 0 N–H and O–H groups in total. The Balaban J connectivity index is 2.96. The fraction of sp³-hybridized carbons (Fsp3) is 0.222. The van der Waals surface area contributed by atoms with Gasteiger partial charge in [0, 0.05) is 14.1 Å². The fourth-order valence-corrected chi connectivity index (χ4v) is 1.07. The van der Waals surface area contributed by atoms with Gasteiger partial charge in [0.05, 0.1) is 5.69 Å². The minimum Gasteiger partial charge on any atom is -0.529 e. The number of para-hydroxylation sites is 1. The van der Waals surface area contributed by atoms with Crippen molar-refractivity contribution in [3.05, 3.63) is 30.3 Å². The minimum atomic E-state index is -1.24. The smallest absolute Gasteiger partial charge is 0.157 e. The van der Waals surface area contributed by atoms with E-state index in [2.05, 4.69) is 0 Å². The molecule has 0 bridgehead atoms. The Labute approximate surface area is 77.0 Å². The van der Waals surface area contributed by atoms with Crippen LogP contribution in [0.5, 0.6) is 0 Å². The number of amides is 1. The number of hydrazine groups is 1. The Bertz CT molecular complexity index is 285. The highest BCUT2D eigenvalue weighted by Gasteiger charge is 2.08. The van der Waals surface area contributed by atoms with E-state index in [0.717, 1.165) is 5.01 Å². The molecule has 0 saturated heterocycles. The molecule has 1 aromatic carbocycles. The summed E-state index contributed by atoms with van der Waals surface area (Å²) in [5.74, 6) is 0. The van der Waals surface area contributed by atoms with Gasteiger partial charge in [-0.25, -0.2) is 5.01 Å². The Morgan fingerprint density at radius 3 is 2.15 bits per heavy atom. The Kier molecular flexibility index (Phi) is 2.87. The molecular weight excluding hydrogens is 168 g/mol. The average molecular weight is 179 g/mol. The molecular formula is C9H11N2O2-. The molecule has 1 aromatic rings. The largest absolute Gasteiger partial charge is 0.529 e. The molecule has 1 amide bonds. The first-order valence-electron chi connectivity index (χ1n) is 3.86. The van der Waals surface area contributed by atoms with Crippen molar-refractivity contribution in [3.63, 3.8) is 0 Å². The quantitative estimate of drug-likeness (QED) is 0.614. The number of nitrogens with zero attached hydrogens (tertiary/aromatic N) is 2. The van der Waals surface area contributed by atoms with Gasteiger partial charge in [-0.15, -0.1) is 0 Å². The molecule has 0 spiro atoms. The first kappa shape index (κ1) is 9.54. The lowest BCUT2D eigenvalue weighted by Gasteiger charge is -2.30. The van der Waals surface area contributed by atoms with E-state index >= 15 is 0 Å². The first-order valence-corrected chi connectivity index (χ1v) is 3.86. The van der Waals surface area contributed by atoms with Crippen molar-refractivity contribution in [3.8, 4) is 0 Å². The monoisotopic (exact) mass is 179 g/mol. The van der Waals surface area contributed by atoms with Crippen LogP contribution in [0.1, 0.15) is 0 Å². The number of rotatable bonds is 2. The van der Waals surface area contributed by atoms with Gasteiger partial charge in [0.15, 0.2) is 6.09 Å². The van der Waals surface area contributed by atoms with Gasteiger partial charge in [0.25, 0.3) is 0 Å². The lowest BCUT2D eigenvalue weighted by Crippen LogP contribution is -2.49. The van der Waals surface area contributed by atoms with Crippen LogP contribution < -0.4 is 10.1 Å². The maximum absolute atomic E-state index is 10.7. The molecule has 0 aliphatic rings. The summed E-state index contributed by atoms with van der Waals surface area (Å²) in [4.78, 5) is 10.7. The fourth-order valence-electron chi connectivity index (χ4n) is 1.07. The van der Waals surface area contributed by atoms with Crippen molar-refractivity contribution >= 4 is 11.8 Å². The van der Waals surface area contributed by atoms with Crippen LogP contribution in [-0.2, 0) is 0 Å². The molecule has 0 aromatic heterocycles. The van der Waals surface area contributed by atoms with Gasteiger partial charge in [-0.2, -0.15) is 0 Å². The zero-order valence-corrected chi connectivity index (χ0v) is 7.60. The predicted molar refractivity (Wildman–Crippen MR) is 48.0 cm³/mol. The first-order chi connectivity index (χ1) is 6.13. The van der Waals surface area contributed by atoms with Gasteiger partial charge in [0.2, 0.25) is 0 Å². The van der Waals surface area contributed by atoms with Crippen LogP contribution in [0.25, 0.3) is 0 Å². The van der Waals surface area contributed by atoms with Crippen LogP contribution >= 0.6 is 0 Å². The third kappa shape index (κ3) is 2.19. The van der Waals surface area contributed by atoms with Gasteiger partial charge in [-0.3, -0.25) is 5.01 Å². The minimum absolute atomic E-state index is 0.576. The molecule has 1 rings (SSSR count). The van der Waals surface area contributed by atoms with E-state index in [1.165, 1.54) is 5.01 Å². The van der Waals surface area contributed by atoms with Crippen LogP contribution in [0, 0.1) is 0 Å². The van der Waals surface area contributed by atoms with Crippen LogP contribution in [0.3, 0.4) is 0 Å². The second-order valence-electron chi connectivity index (χ2n) is 2.76. The lowest BCUT2D eigenvalue weighted by molar-refractivity contribution is -0.249. The number of hydrogen-bond donors (Lipinski definition) is 0. The van der Waals surface area contributed by atoms with E-state index in [4.69, 9.17) is 0 Å². The Morgan fingerprint density at radius 2 is 1.77 bits per heavy atom. The zero-order chi connectivity index (χ0) is 9.84. The van der Waals surface area contributed by atoms with Crippen LogP contribution in [0.15, 0.2) is 30.3 Å². The maximum atomic E-state index is 10.7. The molecule has 0 unspecified atom stereocenters. The van der Waals surface area contributed by atoms with E-state index in [9.17, 15) is 9.90 Å². The summed E-state index contributed by atoms with van der Waals surface area (Å²) in [5, 5.41) is 13.2. The summed E-state index contributed by atoms with van der Waals surface area (Å²) in [6, 6.07) is 8.78. The van der Waals surface area contributed by atoms with Crippen molar-refractivity contribution in [1.82, 2.24) is 5.01 Å². The second-order valence-corrected chi connectivity index (χ2v) is 2.76. The number of anilines is 1. The summed E-state index contributed by atoms with van der Waals surface area (Å²) in [5.41, 5.74) is 0.576. The molecule has 0 aliphatic heterocycles. The normalized spacial score (nSPS) is 10.1. The van der Waals surface area contributed by atoms with Gasteiger partial charge in [-0.05, 0) is 12.1 Å². The molecule has 0 fully saturated rings. The maximum Gasteiger partial charge on any atom is 0.157 e. The van der Waals surface area contributed by atoms with Gasteiger partial charge >= 0.3 is 0 Å². The molecule has 13 heavy (non-hydrogen) atoms. The summed E-state index contributed by atoms with van der Waals surface area (Å²) in [6.07, 6.45) is -1.24. The van der Waals surface area contributed by atoms with Crippen molar-refractivity contribution in [2.75, 3.05) is 19.1 Å². The van der Waals surface area contributed by atoms with E-state index < -0.39 is 6.09 Å². The number of carboxylic acid groups (broad SMARTS) is 1. The van der Waals surface area contributed by atoms with Crippen molar-refractivity contribution in [2.45, 2.75) is 0 Å². The molecule has 0 aliphatic carbocycles. The molecule has 0 radical (unpaired) electrons. The number of carbonyl (C=O) groups excluding carboxylic acids is 1. The highest BCUT2D eigenvalue weighted by atomic mass is 16.4. The summed E-state index contributed by atoms with van der Waals surface area (Å²) in [7, 11) is 3.28. The Morgan fingerprint density at radius 1 is 1.23 bits per heavy atom. The van der Waals surface area contributed by atoms with Gasteiger partial charge < -0.3 is 9.90 Å². The highest BCUT2D eigenvalue weighted by molar-refractivity contribution is 5.82. The van der Waals surface area contributed by atoms with Gasteiger partial charge in [0.1, 0.15) is 0 Å². The predicted octanol–water partition coefficient (Wildman–Crippen LogP) is 0.313. The SMILES string of the molecule is CN(C)N(C(=O)[O-])c1ccccc1. The zero-order valence-electron chi connectivity index (χ0n) is 7.60. The third-order valence-electron chi connectivity index (χ3n) is 1.57. The number of hydrogen-bond acceptors (Lipinski definition) is 3. The van der Waals surface area contributed by atoms with Crippen molar-refractivity contribution in [1.29, 1.82) is 0 Å². The number of carbonyl (C=O) groups is 1. The summed E-state index contributed by atoms with van der Waals surface area (Å²) >= 11 is 0. The van der Waals surface area contributed by atoms with Gasteiger partial charge in [-0.1, -0.05) is 18.2 Å². The second kappa shape index (κ2) is 3.91. The van der Waals surface area contributed by atoms with Crippen LogP contribution in [-0.4, -0.2) is 25.2 Å². The average Bonchev–Trinajstić information content (AvgIpc) is 2.04. The standard InChI is InChI=1S/C9H12N2O2/c1-10(2)11(9(12)13)8-6-4-3-5-7-8/h3-7H,1-2H3,(H,12,13)/p-1. The molecule has 0 heterocycles.